The summed E-state index contributed by atoms with van der Waals surface area (Å²) in [5.41, 5.74) is 11.7. The Hall–Kier alpha value is -6.23. The van der Waals surface area contributed by atoms with Crippen LogP contribution in [0.5, 0.6) is 0 Å². The molecule has 7 aromatic carbocycles. The van der Waals surface area contributed by atoms with Crippen LogP contribution in [-0.4, -0.2) is 4.57 Å². The quantitative estimate of drug-likeness (QED) is 0.176. The number of fused-ring (bicyclic) bond motifs is 9. The van der Waals surface area contributed by atoms with Gasteiger partial charge in [-0.2, -0.15) is 13.5 Å². The molecule has 4 heteroatoms. The fraction of sp³-hybridized carbons (Fsp3) is 0. The molecule has 10 aromatic rings. The molecule has 0 aliphatic heterocycles. The van der Waals surface area contributed by atoms with Crippen molar-refractivity contribution < 1.29 is 8.83 Å². The summed E-state index contributed by atoms with van der Waals surface area (Å²) < 4.78 is 15.0. The minimum absolute atomic E-state index is 0. The zero-order valence-corrected chi connectivity index (χ0v) is 28.3. The van der Waals surface area contributed by atoms with Crippen LogP contribution in [0.2, 0.25) is 0 Å². The number of hydrogen-bond donors (Lipinski definition) is 0. The highest BCUT2D eigenvalue weighted by Crippen LogP contribution is 2.41. The second-order valence-corrected chi connectivity index (χ2v) is 12.2. The molecule has 3 aromatic heterocycles. The van der Waals surface area contributed by atoms with Crippen LogP contribution in [-0.2, 0) is 0 Å². The van der Waals surface area contributed by atoms with Gasteiger partial charge in [0, 0.05) is 43.6 Å². The SMILES string of the molecule is C=CC=C.S.c1ccc(-n2c3ccccc3c3cc(-c4cccc5c4oc4ccc(-c6ccc7oc8ccccc8c7c6)cc45)ccc32)cc1. The standard InChI is InChI=1S/C42H25NO2.C4H6.H2S/c1-2-9-29(10-3-1)43-37-15-6-4-11-31(37)34-25-28(17-20-38(34)43)30-13-8-14-33-36-24-27(19-22-41(36)45-42(30)33)26-18-21-40-35(23-26)32-12-5-7-16-39(32)44-40;1-3-4-2;/h1-25H;3-4H,1-2H2;1H2. The summed E-state index contributed by atoms with van der Waals surface area (Å²) in [6.07, 6.45) is 3.28. The Morgan fingerprint density at radius 3 is 1.74 bits per heavy atom. The number of furan rings is 2. The van der Waals surface area contributed by atoms with Crippen molar-refractivity contribution in [3.63, 3.8) is 0 Å². The van der Waals surface area contributed by atoms with Crippen LogP contribution >= 0.6 is 13.5 Å². The van der Waals surface area contributed by atoms with E-state index in [4.69, 9.17) is 8.83 Å². The summed E-state index contributed by atoms with van der Waals surface area (Å²) in [6.45, 7) is 6.72. The van der Waals surface area contributed by atoms with Crippen molar-refractivity contribution in [1.82, 2.24) is 4.57 Å². The lowest BCUT2D eigenvalue weighted by Gasteiger charge is -2.08. The Bertz CT molecular complexity index is 2860. The Labute approximate surface area is 296 Å². The molecule has 0 aliphatic carbocycles. The third kappa shape index (κ3) is 5.01. The van der Waals surface area contributed by atoms with E-state index in [1.54, 1.807) is 12.2 Å². The number of para-hydroxylation sites is 4. The first-order valence-corrected chi connectivity index (χ1v) is 16.4. The van der Waals surface area contributed by atoms with Gasteiger partial charge in [0.15, 0.2) is 0 Å². The predicted octanol–water partition coefficient (Wildman–Crippen LogP) is 13.4. The maximum absolute atomic E-state index is 6.60. The second kappa shape index (κ2) is 12.7. The van der Waals surface area contributed by atoms with Crippen molar-refractivity contribution in [3.05, 3.63) is 177 Å². The molecule has 3 heterocycles. The van der Waals surface area contributed by atoms with E-state index < -0.39 is 0 Å². The van der Waals surface area contributed by atoms with E-state index in [0.29, 0.717) is 0 Å². The van der Waals surface area contributed by atoms with Crippen molar-refractivity contribution in [2.24, 2.45) is 0 Å². The van der Waals surface area contributed by atoms with Crippen molar-refractivity contribution >= 4 is 79.2 Å². The number of rotatable bonds is 4. The molecule has 3 nitrogen and oxygen atoms in total. The topological polar surface area (TPSA) is 31.2 Å². The molecule has 0 unspecified atom stereocenters. The molecule has 0 radical (unpaired) electrons. The zero-order valence-electron chi connectivity index (χ0n) is 27.3. The molecule has 0 saturated heterocycles. The Morgan fingerprint density at radius 1 is 0.420 bits per heavy atom. The van der Waals surface area contributed by atoms with Gasteiger partial charge in [-0.15, -0.1) is 0 Å². The Morgan fingerprint density at radius 2 is 0.980 bits per heavy atom. The summed E-state index contributed by atoms with van der Waals surface area (Å²) in [4.78, 5) is 0. The molecule has 0 spiro atoms. The van der Waals surface area contributed by atoms with Crippen LogP contribution in [0.25, 0.3) is 93.6 Å². The van der Waals surface area contributed by atoms with E-state index >= 15 is 0 Å². The smallest absolute Gasteiger partial charge is 0.143 e. The van der Waals surface area contributed by atoms with Gasteiger partial charge in [-0.1, -0.05) is 116 Å². The normalized spacial score (nSPS) is 11.2. The van der Waals surface area contributed by atoms with Gasteiger partial charge >= 0.3 is 0 Å². The van der Waals surface area contributed by atoms with E-state index in [-0.39, 0.29) is 13.5 Å². The van der Waals surface area contributed by atoms with E-state index in [0.717, 1.165) is 71.8 Å². The third-order valence-corrected chi connectivity index (χ3v) is 9.37. The van der Waals surface area contributed by atoms with Crippen molar-refractivity contribution in [2.45, 2.75) is 0 Å². The lowest BCUT2D eigenvalue weighted by molar-refractivity contribution is 0.669. The third-order valence-electron chi connectivity index (χ3n) is 9.37. The fourth-order valence-corrected chi connectivity index (χ4v) is 7.11. The maximum atomic E-state index is 6.60. The average molecular weight is 664 g/mol. The molecule has 10 rings (SSSR count). The fourth-order valence-electron chi connectivity index (χ4n) is 7.11. The van der Waals surface area contributed by atoms with Crippen molar-refractivity contribution in [2.75, 3.05) is 0 Å². The van der Waals surface area contributed by atoms with Crippen LogP contribution in [0.1, 0.15) is 0 Å². The number of benzene rings is 7. The lowest BCUT2D eigenvalue weighted by atomic mass is 9.98. The largest absolute Gasteiger partial charge is 0.456 e. The van der Waals surface area contributed by atoms with Gasteiger partial charge in [0.2, 0.25) is 0 Å². The first-order chi connectivity index (χ1) is 24.2. The summed E-state index contributed by atoms with van der Waals surface area (Å²) in [5.74, 6) is 0. The van der Waals surface area contributed by atoms with Gasteiger partial charge in [0.1, 0.15) is 22.3 Å². The minimum Gasteiger partial charge on any atom is -0.456 e. The number of aromatic nitrogens is 1. The molecular formula is C46H33NO2S. The molecular weight excluding hydrogens is 631 g/mol. The highest BCUT2D eigenvalue weighted by Gasteiger charge is 2.17. The second-order valence-electron chi connectivity index (χ2n) is 12.2. The van der Waals surface area contributed by atoms with E-state index in [1.165, 1.54) is 21.8 Å². The lowest BCUT2D eigenvalue weighted by Crippen LogP contribution is -1.92. The summed E-state index contributed by atoms with van der Waals surface area (Å²) in [5, 5.41) is 6.96. The van der Waals surface area contributed by atoms with Gasteiger partial charge in [0.25, 0.3) is 0 Å². The molecule has 0 fully saturated rings. The monoisotopic (exact) mass is 663 g/mol. The molecule has 50 heavy (non-hydrogen) atoms. The average Bonchev–Trinajstić information content (AvgIpc) is 3.84. The maximum Gasteiger partial charge on any atom is 0.143 e. The molecule has 0 N–H and O–H groups in total. The van der Waals surface area contributed by atoms with Gasteiger partial charge in [-0.3, -0.25) is 0 Å². The summed E-state index contributed by atoms with van der Waals surface area (Å²) >= 11 is 0. The molecule has 0 atom stereocenters. The predicted molar refractivity (Wildman–Crippen MR) is 217 cm³/mol. The minimum atomic E-state index is 0. The Balaban J connectivity index is 0.000000688. The number of allylic oxidation sites excluding steroid dienone is 2. The van der Waals surface area contributed by atoms with Gasteiger partial charge < -0.3 is 13.4 Å². The number of hydrogen-bond acceptors (Lipinski definition) is 2. The van der Waals surface area contributed by atoms with Gasteiger partial charge in [-0.05, 0) is 77.4 Å². The zero-order chi connectivity index (χ0) is 32.9. The van der Waals surface area contributed by atoms with Crippen LogP contribution in [0.3, 0.4) is 0 Å². The van der Waals surface area contributed by atoms with Crippen molar-refractivity contribution in [3.8, 4) is 27.9 Å². The molecule has 0 aliphatic rings. The highest BCUT2D eigenvalue weighted by molar-refractivity contribution is 7.59. The first kappa shape index (κ1) is 31.1. The first-order valence-electron chi connectivity index (χ1n) is 16.4. The molecule has 0 bridgehead atoms. The van der Waals surface area contributed by atoms with Crippen molar-refractivity contribution in [1.29, 1.82) is 0 Å². The summed E-state index contributed by atoms with van der Waals surface area (Å²) in [6, 6.07) is 53.6. The van der Waals surface area contributed by atoms with Crippen LogP contribution in [0.4, 0.5) is 0 Å². The summed E-state index contributed by atoms with van der Waals surface area (Å²) in [7, 11) is 0. The van der Waals surface area contributed by atoms with E-state index in [2.05, 4.69) is 157 Å². The van der Waals surface area contributed by atoms with E-state index in [1.807, 2.05) is 12.1 Å². The Kier molecular flexibility index (Phi) is 7.87. The van der Waals surface area contributed by atoms with Crippen LogP contribution in [0.15, 0.2) is 186 Å². The number of nitrogens with zero attached hydrogens (tertiary/aromatic N) is 1. The molecule has 0 saturated carbocycles. The van der Waals surface area contributed by atoms with Crippen LogP contribution in [0, 0.1) is 0 Å². The molecule has 0 amide bonds. The van der Waals surface area contributed by atoms with Crippen LogP contribution < -0.4 is 0 Å². The van der Waals surface area contributed by atoms with Gasteiger partial charge in [0.05, 0.1) is 11.0 Å². The molecule has 240 valence electrons. The highest BCUT2D eigenvalue weighted by atomic mass is 32.1. The van der Waals surface area contributed by atoms with Gasteiger partial charge in [-0.25, -0.2) is 0 Å². The van der Waals surface area contributed by atoms with E-state index in [9.17, 15) is 0 Å².